The Morgan fingerprint density at radius 1 is 0.605 bits per heavy atom. The fraction of sp³-hybridized carbons (Fsp3) is 0.0769. The van der Waals surface area contributed by atoms with E-state index in [1.165, 1.54) is 81.6 Å². The van der Waals surface area contributed by atoms with E-state index in [1.54, 1.807) is 0 Å². The van der Waals surface area contributed by atoms with Crippen LogP contribution in [0, 0.1) is 6.92 Å². The Hall–Kier alpha value is -5.48. The van der Waals surface area contributed by atoms with E-state index in [9.17, 15) is 0 Å². The first-order valence-corrected chi connectivity index (χ1v) is 15.0. The molecule has 0 unspecified atom stereocenters. The summed E-state index contributed by atoms with van der Waals surface area (Å²) in [5, 5.41) is 11.3. The molecule has 5 aromatic carbocycles. The molecule has 0 radical (unpaired) electrons. The van der Waals surface area contributed by atoms with Crippen molar-refractivity contribution in [2.24, 2.45) is 0 Å². The fourth-order valence-electron chi connectivity index (χ4n) is 7.78. The van der Waals surface area contributed by atoms with Gasteiger partial charge < -0.3 is 4.40 Å². The zero-order chi connectivity index (χ0) is 28.4. The van der Waals surface area contributed by atoms with E-state index in [2.05, 4.69) is 120 Å². The van der Waals surface area contributed by atoms with Crippen LogP contribution in [0.25, 0.3) is 87.4 Å². The van der Waals surface area contributed by atoms with Crippen LogP contribution in [0.5, 0.6) is 0 Å². The van der Waals surface area contributed by atoms with E-state index in [-0.39, 0.29) is 0 Å². The number of fused-ring (bicyclic) bond motifs is 12. The molecule has 0 fully saturated rings. The minimum absolute atomic E-state index is 0.859. The first-order valence-electron chi connectivity index (χ1n) is 15.0. The van der Waals surface area contributed by atoms with Crippen LogP contribution in [0.3, 0.4) is 0 Å². The molecule has 10 rings (SSSR count). The Kier molecular flexibility index (Phi) is 4.34. The first-order chi connectivity index (χ1) is 21.2. The molecule has 10 aromatic rings. The van der Waals surface area contributed by atoms with Gasteiger partial charge in [-0.25, -0.2) is 4.98 Å². The molecule has 0 bridgehead atoms. The molecule has 4 nitrogen and oxygen atoms in total. The minimum atomic E-state index is 0.859. The van der Waals surface area contributed by atoms with Crippen LogP contribution < -0.4 is 0 Å². The van der Waals surface area contributed by atoms with Crippen molar-refractivity contribution in [3.63, 3.8) is 0 Å². The largest absolute Gasteiger partial charge is 0.308 e. The van der Waals surface area contributed by atoms with Crippen LogP contribution in [0.15, 0.2) is 109 Å². The molecule has 43 heavy (non-hydrogen) atoms. The van der Waals surface area contributed by atoms with Gasteiger partial charge in [-0.15, -0.1) is 0 Å². The van der Waals surface area contributed by atoms with Gasteiger partial charge in [-0.1, -0.05) is 73.7 Å². The van der Waals surface area contributed by atoms with E-state index >= 15 is 0 Å². The van der Waals surface area contributed by atoms with Crippen LogP contribution in [0.1, 0.15) is 18.2 Å². The van der Waals surface area contributed by atoms with Crippen molar-refractivity contribution in [3.05, 3.63) is 121 Å². The molecule has 202 valence electrons. The number of hydrogen-bond acceptors (Lipinski definition) is 2. The molecule has 0 spiro atoms. The highest BCUT2D eigenvalue weighted by Gasteiger charge is 2.26. The van der Waals surface area contributed by atoms with Gasteiger partial charge in [-0.2, -0.15) is 0 Å². The molecule has 0 saturated carbocycles. The Morgan fingerprint density at radius 3 is 2.09 bits per heavy atom. The Morgan fingerprint density at radius 2 is 1.28 bits per heavy atom. The molecule has 5 heterocycles. The van der Waals surface area contributed by atoms with Gasteiger partial charge in [-0.3, -0.25) is 9.55 Å². The van der Waals surface area contributed by atoms with Crippen molar-refractivity contribution in [2.45, 2.75) is 20.3 Å². The molecule has 0 amide bonds. The molecular formula is C39H26N4. The lowest BCUT2D eigenvalue weighted by Crippen LogP contribution is -2.06. The predicted molar refractivity (Wildman–Crippen MR) is 180 cm³/mol. The molecule has 0 aliphatic rings. The molecule has 0 saturated heterocycles. The zero-order valence-electron chi connectivity index (χ0n) is 23.9. The van der Waals surface area contributed by atoms with Crippen molar-refractivity contribution in [2.75, 3.05) is 0 Å². The summed E-state index contributed by atoms with van der Waals surface area (Å²) in [6, 6.07) is 37.8. The molecular weight excluding hydrogens is 524 g/mol. The van der Waals surface area contributed by atoms with E-state index in [0.29, 0.717) is 0 Å². The highest BCUT2D eigenvalue weighted by Crippen LogP contribution is 2.47. The lowest BCUT2D eigenvalue weighted by Gasteiger charge is -2.16. The van der Waals surface area contributed by atoms with E-state index in [1.807, 2.05) is 12.3 Å². The maximum atomic E-state index is 5.33. The lowest BCUT2D eigenvalue weighted by atomic mass is 10.0. The second-order valence-corrected chi connectivity index (χ2v) is 11.7. The molecule has 0 N–H and O–H groups in total. The van der Waals surface area contributed by atoms with E-state index in [4.69, 9.17) is 9.97 Å². The van der Waals surface area contributed by atoms with Crippen LogP contribution in [0.2, 0.25) is 0 Å². The summed E-state index contributed by atoms with van der Waals surface area (Å²) < 4.78 is 4.94. The summed E-state index contributed by atoms with van der Waals surface area (Å²) in [4.78, 5) is 10.1. The summed E-state index contributed by atoms with van der Waals surface area (Å²) in [7, 11) is 0. The second kappa shape index (κ2) is 8.08. The summed E-state index contributed by atoms with van der Waals surface area (Å²) in [6.45, 7) is 4.31. The topological polar surface area (TPSA) is 35.1 Å². The highest BCUT2D eigenvalue weighted by molar-refractivity contribution is 6.34. The van der Waals surface area contributed by atoms with E-state index in [0.717, 1.165) is 23.4 Å². The third kappa shape index (κ3) is 2.81. The number of para-hydroxylation sites is 2. The standard InChI is InChI=1S/C39H26N4/c1-3-25-28-15-10-18-40-36(28)22(2)41-39(25)43-33-17-9-7-14-27(33)30-21-29-26-13-6-8-16-32(26)42-34-20-24-12-5-4-11-23(24)19-31(34)35(37(29)42)38(30)43/h4-21H,3H2,1-2H3. The quantitative estimate of drug-likeness (QED) is 0.215. The SMILES string of the molecule is CCc1c(-n2c3ccccc3c3cc4c5ccccc5n5c6cc7ccccc7cc6c(c32)c45)nc(C)c2ncccc12. The summed E-state index contributed by atoms with van der Waals surface area (Å²) in [6.07, 6.45) is 2.73. The maximum absolute atomic E-state index is 5.33. The van der Waals surface area contributed by atoms with Gasteiger partial charge in [0.05, 0.1) is 38.8 Å². The first kappa shape index (κ1) is 23.1. The van der Waals surface area contributed by atoms with Crippen molar-refractivity contribution >= 4 is 81.6 Å². The summed E-state index contributed by atoms with van der Waals surface area (Å²) in [5.74, 6) is 0.999. The normalized spacial score (nSPS) is 12.5. The second-order valence-electron chi connectivity index (χ2n) is 11.7. The molecule has 0 atom stereocenters. The third-order valence-electron chi connectivity index (χ3n) is 9.55. The Balaban J connectivity index is 1.54. The fourth-order valence-corrected chi connectivity index (χ4v) is 7.78. The smallest absolute Gasteiger partial charge is 0.141 e. The van der Waals surface area contributed by atoms with Crippen molar-refractivity contribution in [3.8, 4) is 5.82 Å². The number of hydrogen-bond donors (Lipinski definition) is 0. The van der Waals surface area contributed by atoms with Crippen molar-refractivity contribution in [1.29, 1.82) is 0 Å². The number of aryl methyl sites for hydroxylation is 2. The van der Waals surface area contributed by atoms with Crippen LogP contribution in [0.4, 0.5) is 0 Å². The van der Waals surface area contributed by atoms with Gasteiger partial charge >= 0.3 is 0 Å². The molecule has 0 aliphatic carbocycles. The van der Waals surface area contributed by atoms with E-state index < -0.39 is 0 Å². The number of aromatic nitrogens is 4. The summed E-state index contributed by atoms with van der Waals surface area (Å²) >= 11 is 0. The number of benzene rings is 5. The minimum Gasteiger partial charge on any atom is -0.308 e. The number of nitrogens with zero attached hydrogens (tertiary/aromatic N) is 4. The lowest BCUT2D eigenvalue weighted by molar-refractivity contribution is 0.998. The van der Waals surface area contributed by atoms with Gasteiger partial charge in [0.25, 0.3) is 0 Å². The number of rotatable bonds is 2. The molecule has 0 aliphatic heterocycles. The van der Waals surface area contributed by atoms with Crippen LogP contribution in [-0.2, 0) is 6.42 Å². The summed E-state index contributed by atoms with van der Waals surface area (Å²) in [5.41, 5.74) is 9.32. The Labute approximate surface area is 246 Å². The van der Waals surface area contributed by atoms with Crippen molar-refractivity contribution < 1.29 is 0 Å². The van der Waals surface area contributed by atoms with Gasteiger partial charge in [-0.05, 0) is 60.5 Å². The van der Waals surface area contributed by atoms with Gasteiger partial charge in [0, 0.05) is 49.5 Å². The predicted octanol–water partition coefficient (Wildman–Crippen LogP) is 9.90. The van der Waals surface area contributed by atoms with Crippen molar-refractivity contribution in [1.82, 2.24) is 18.9 Å². The van der Waals surface area contributed by atoms with Crippen LogP contribution >= 0.6 is 0 Å². The highest BCUT2D eigenvalue weighted by atomic mass is 15.1. The number of pyridine rings is 2. The Bertz CT molecular complexity index is 2780. The third-order valence-corrected chi connectivity index (χ3v) is 9.55. The molecule has 4 heteroatoms. The van der Waals surface area contributed by atoms with Gasteiger partial charge in [0.15, 0.2) is 0 Å². The zero-order valence-corrected chi connectivity index (χ0v) is 23.9. The van der Waals surface area contributed by atoms with Gasteiger partial charge in [0.1, 0.15) is 5.82 Å². The maximum Gasteiger partial charge on any atom is 0.141 e. The van der Waals surface area contributed by atoms with Gasteiger partial charge in [0.2, 0.25) is 0 Å². The average Bonchev–Trinajstić information content (AvgIpc) is 3.68. The van der Waals surface area contributed by atoms with Crippen LogP contribution in [-0.4, -0.2) is 18.9 Å². The monoisotopic (exact) mass is 550 g/mol. The molecule has 5 aromatic heterocycles. The average molecular weight is 551 g/mol.